The molecule has 0 amide bonds. The topological polar surface area (TPSA) is 26.3 Å². The van der Waals surface area contributed by atoms with Crippen molar-refractivity contribution in [3.8, 4) is 5.75 Å². The lowest BCUT2D eigenvalue weighted by Gasteiger charge is -2.11. The van der Waals surface area contributed by atoms with Gasteiger partial charge >= 0.3 is 0 Å². The SMILES string of the molecule is CC.CCC(=O)CCCCCc1ccc(F)c(OCC(C)C)c1. The Morgan fingerprint density at radius 1 is 1.17 bits per heavy atom. The Labute approximate surface area is 141 Å². The van der Waals surface area contributed by atoms with E-state index < -0.39 is 0 Å². The molecule has 0 spiro atoms. The number of halogens is 1. The molecule has 2 nitrogen and oxygen atoms in total. The first-order valence-corrected chi connectivity index (χ1v) is 8.95. The molecule has 0 fully saturated rings. The van der Waals surface area contributed by atoms with Gasteiger partial charge in [0.2, 0.25) is 0 Å². The van der Waals surface area contributed by atoms with Gasteiger partial charge in [0.1, 0.15) is 5.78 Å². The molecule has 0 atom stereocenters. The van der Waals surface area contributed by atoms with E-state index in [1.54, 1.807) is 6.07 Å². The van der Waals surface area contributed by atoms with Crippen molar-refractivity contribution in [1.29, 1.82) is 0 Å². The second kappa shape index (κ2) is 13.1. The number of benzene rings is 1. The first-order chi connectivity index (χ1) is 11.0. The van der Waals surface area contributed by atoms with Crippen molar-refractivity contribution in [1.82, 2.24) is 0 Å². The van der Waals surface area contributed by atoms with Crippen molar-refractivity contribution in [2.45, 2.75) is 73.1 Å². The van der Waals surface area contributed by atoms with Gasteiger partial charge in [0, 0.05) is 12.8 Å². The summed E-state index contributed by atoms with van der Waals surface area (Å²) in [4.78, 5) is 11.2. The van der Waals surface area contributed by atoms with E-state index in [9.17, 15) is 9.18 Å². The Kier molecular flexibility index (Phi) is 12.3. The molecule has 1 aromatic rings. The predicted molar refractivity (Wildman–Crippen MR) is 95.6 cm³/mol. The van der Waals surface area contributed by atoms with Crippen molar-refractivity contribution in [3.63, 3.8) is 0 Å². The zero-order chi connectivity index (χ0) is 17.7. The number of ether oxygens (including phenoxy) is 1. The number of hydrogen-bond donors (Lipinski definition) is 0. The molecule has 0 aliphatic heterocycles. The highest BCUT2D eigenvalue weighted by Gasteiger charge is 2.06. The fourth-order valence-corrected chi connectivity index (χ4v) is 2.08. The monoisotopic (exact) mass is 324 g/mol. The van der Waals surface area contributed by atoms with E-state index in [-0.39, 0.29) is 5.82 Å². The molecule has 0 heterocycles. The van der Waals surface area contributed by atoms with E-state index in [0.29, 0.717) is 36.9 Å². The number of unbranched alkanes of at least 4 members (excludes halogenated alkanes) is 2. The maximum Gasteiger partial charge on any atom is 0.165 e. The van der Waals surface area contributed by atoms with Crippen LogP contribution in [0.2, 0.25) is 0 Å². The van der Waals surface area contributed by atoms with Crippen molar-refractivity contribution in [2.75, 3.05) is 6.61 Å². The molecular formula is C20H33FO2. The Morgan fingerprint density at radius 2 is 1.87 bits per heavy atom. The van der Waals surface area contributed by atoms with Crippen LogP contribution in [-0.4, -0.2) is 12.4 Å². The first-order valence-electron chi connectivity index (χ1n) is 8.95. The summed E-state index contributed by atoms with van der Waals surface area (Å²) in [6, 6.07) is 5.09. The van der Waals surface area contributed by atoms with Crippen LogP contribution in [0.1, 0.15) is 72.3 Å². The predicted octanol–water partition coefficient (Wildman–Crippen LogP) is 5.97. The highest BCUT2D eigenvalue weighted by atomic mass is 19.1. The van der Waals surface area contributed by atoms with E-state index in [1.807, 2.05) is 40.7 Å². The number of hydrogen-bond acceptors (Lipinski definition) is 2. The molecule has 0 aliphatic carbocycles. The van der Waals surface area contributed by atoms with Crippen LogP contribution in [0.25, 0.3) is 0 Å². The summed E-state index contributed by atoms with van der Waals surface area (Å²) in [5, 5.41) is 0. The minimum Gasteiger partial charge on any atom is -0.490 e. The van der Waals surface area contributed by atoms with Gasteiger partial charge < -0.3 is 4.74 Å². The van der Waals surface area contributed by atoms with Gasteiger partial charge in [0.05, 0.1) is 6.61 Å². The standard InChI is InChI=1S/C18H27FO2.C2H6/c1-4-16(20)9-7-5-6-8-15-10-11-17(19)18(12-15)21-13-14(2)3;1-2/h10-12,14H,4-9,13H2,1-3H3;1-2H3. The van der Waals surface area contributed by atoms with Gasteiger partial charge in [-0.15, -0.1) is 0 Å². The Bertz CT molecular complexity index is 441. The molecule has 0 unspecified atom stereocenters. The summed E-state index contributed by atoms with van der Waals surface area (Å²) >= 11 is 0. The molecule has 1 rings (SSSR count). The highest BCUT2D eigenvalue weighted by Crippen LogP contribution is 2.21. The van der Waals surface area contributed by atoms with Crippen molar-refractivity contribution in [2.24, 2.45) is 5.92 Å². The maximum absolute atomic E-state index is 13.6. The maximum atomic E-state index is 13.6. The summed E-state index contributed by atoms with van der Waals surface area (Å²) in [5.74, 6) is 0.764. The van der Waals surface area contributed by atoms with Crippen LogP contribution in [0.4, 0.5) is 4.39 Å². The van der Waals surface area contributed by atoms with Crippen LogP contribution >= 0.6 is 0 Å². The average Bonchev–Trinajstić information content (AvgIpc) is 2.56. The Morgan fingerprint density at radius 3 is 2.48 bits per heavy atom. The summed E-state index contributed by atoms with van der Waals surface area (Å²) in [6.45, 7) is 10.5. The number of Topliss-reactive ketones (excluding diaryl/α,β-unsaturated/α-hetero) is 1. The fourth-order valence-electron chi connectivity index (χ4n) is 2.08. The lowest BCUT2D eigenvalue weighted by Crippen LogP contribution is -2.06. The summed E-state index contributed by atoms with van der Waals surface area (Å²) in [5.41, 5.74) is 1.09. The zero-order valence-corrected chi connectivity index (χ0v) is 15.5. The van der Waals surface area contributed by atoms with Gasteiger partial charge in [-0.25, -0.2) is 4.39 Å². The van der Waals surface area contributed by atoms with E-state index in [0.717, 1.165) is 31.2 Å². The van der Waals surface area contributed by atoms with Crippen molar-refractivity contribution < 1.29 is 13.9 Å². The molecule has 0 saturated heterocycles. The molecule has 3 heteroatoms. The van der Waals surface area contributed by atoms with Crippen LogP contribution < -0.4 is 4.74 Å². The molecule has 0 bridgehead atoms. The quantitative estimate of drug-likeness (QED) is 0.496. The Balaban J connectivity index is 0.00000232. The fraction of sp³-hybridized carbons (Fsp3) is 0.650. The van der Waals surface area contributed by atoms with Crippen LogP contribution in [0.15, 0.2) is 18.2 Å². The zero-order valence-electron chi connectivity index (χ0n) is 15.5. The number of aryl methyl sites for hydroxylation is 1. The lowest BCUT2D eigenvalue weighted by atomic mass is 10.0. The normalized spacial score (nSPS) is 10.2. The highest BCUT2D eigenvalue weighted by molar-refractivity contribution is 5.77. The van der Waals surface area contributed by atoms with Crippen LogP contribution in [-0.2, 0) is 11.2 Å². The van der Waals surface area contributed by atoms with Gasteiger partial charge in [-0.05, 0) is 42.9 Å². The molecule has 0 saturated carbocycles. The Hall–Kier alpha value is -1.38. The van der Waals surface area contributed by atoms with E-state index in [4.69, 9.17) is 4.74 Å². The number of rotatable bonds is 10. The van der Waals surface area contributed by atoms with Crippen molar-refractivity contribution >= 4 is 5.78 Å². The largest absolute Gasteiger partial charge is 0.490 e. The minimum atomic E-state index is -0.298. The molecule has 1 aromatic carbocycles. The van der Waals surface area contributed by atoms with Crippen LogP contribution in [0.5, 0.6) is 5.75 Å². The molecule has 132 valence electrons. The smallest absolute Gasteiger partial charge is 0.165 e. The second-order valence-electron chi connectivity index (χ2n) is 5.92. The molecule has 0 N–H and O–H groups in total. The van der Waals surface area contributed by atoms with Crippen LogP contribution in [0, 0.1) is 11.7 Å². The third-order valence-corrected chi connectivity index (χ3v) is 3.38. The van der Waals surface area contributed by atoms with E-state index in [1.165, 1.54) is 6.07 Å². The molecule has 23 heavy (non-hydrogen) atoms. The molecular weight excluding hydrogens is 291 g/mol. The van der Waals surface area contributed by atoms with Gasteiger partial charge in [-0.1, -0.05) is 47.1 Å². The second-order valence-corrected chi connectivity index (χ2v) is 5.92. The molecule has 0 radical (unpaired) electrons. The average molecular weight is 324 g/mol. The first kappa shape index (κ1) is 21.6. The lowest BCUT2D eigenvalue weighted by molar-refractivity contribution is -0.118. The van der Waals surface area contributed by atoms with Gasteiger partial charge in [-0.3, -0.25) is 4.79 Å². The van der Waals surface area contributed by atoms with Crippen LogP contribution in [0.3, 0.4) is 0 Å². The van der Waals surface area contributed by atoms with Crippen molar-refractivity contribution in [3.05, 3.63) is 29.6 Å². The molecule has 0 aliphatic rings. The van der Waals surface area contributed by atoms with E-state index in [2.05, 4.69) is 0 Å². The number of carbonyl (C=O) groups is 1. The summed E-state index contributed by atoms with van der Waals surface area (Å²) < 4.78 is 19.1. The molecule has 0 aromatic heterocycles. The van der Waals surface area contributed by atoms with Gasteiger partial charge in [0.25, 0.3) is 0 Å². The van der Waals surface area contributed by atoms with Gasteiger partial charge in [-0.2, -0.15) is 0 Å². The van der Waals surface area contributed by atoms with E-state index >= 15 is 0 Å². The number of ketones is 1. The van der Waals surface area contributed by atoms with Gasteiger partial charge in [0.15, 0.2) is 11.6 Å². The summed E-state index contributed by atoms with van der Waals surface area (Å²) in [6.07, 6.45) is 5.22. The third kappa shape index (κ3) is 10.1. The summed E-state index contributed by atoms with van der Waals surface area (Å²) in [7, 11) is 0. The number of carbonyl (C=O) groups excluding carboxylic acids is 1. The third-order valence-electron chi connectivity index (χ3n) is 3.38. The minimum absolute atomic E-state index is 0.298.